The van der Waals surface area contributed by atoms with E-state index in [0.717, 1.165) is 25.9 Å². The molecule has 19 heavy (non-hydrogen) atoms. The van der Waals surface area contributed by atoms with E-state index >= 15 is 0 Å². The fourth-order valence-corrected chi connectivity index (χ4v) is 2.06. The van der Waals surface area contributed by atoms with Crippen molar-refractivity contribution in [3.8, 4) is 0 Å². The molecule has 1 rings (SSSR count). The van der Waals surface area contributed by atoms with Crippen LogP contribution in [-0.2, 0) is 14.3 Å². The topological polar surface area (TPSA) is 75.6 Å². The molecular formula is C14H25NO4. The first-order valence-corrected chi connectivity index (χ1v) is 7.09. The number of ether oxygens (including phenoxy) is 1. The predicted octanol–water partition coefficient (Wildman–Crippen LogP) is 1.95. The molecule has 2 unspecified atom stereocenters. The molecule has 1 fully saturated rings. The Morgan fingerprint density at radius 3 is 2.68 bits per heavy atom. The Balaban J connectivity index is 2.25. The SMILES string of the molecule is CCC(C)(CNC(=O)CCC1CCCCO1)C(=O)O. The molecule has 0 spiro atoms. The van der Waals surface area contributed by atoms with Gasteiger partial charge < -0.3 is 15.2 Å². The molecule has 1 aliphatic heterocycles. The smallest absolute Gasteiger partial charge is 0.311 e. The predicted molar refractivity (Wildman–Crippen MR) is 71.9 cm³/mol. The standard InChI is InChI=1S/C14H25NO4/c1-3-14(2,13(17)18)10-15-12(16)8-7-11-6-4-5-9-19-11/h11H,3-10H2,1-2H3,(H,15,16)(H,17,18). The molecule has 1 saturated heterocycles. The van der Waals surface area contributed by atoms with E-state index in [1.807, 2.05) is 6.92 Å². The average molecular weight is 271 g/mol. The van der Waals surface area contributed by atoms with Crippen LogP contribution in [0, 0.1) is 5.41 Å². The number of amides is 1. The van der Waals surface area contributed by atoms with Gasteiger partial charge in [-0.15, -0.1) is 0 Å². The number of rotatable bonds is 7. The highest BCUT2D eigenvalue weighted by molar-refractivity contribution is 5.78. The molecule has 2 N–H and O–H groups in total. The molecule has 0 aromatic rings. The highest BCUT2D eigenvalue weighted by atomic mass is 16.5. The lowest BCUT2D eigenvalue weighted by molar-refractivity contribution is -0.148. The third kappa shape index (κ3) is 5.19. The van der Waals surface area contributed by atoms with Gasteiger partial charge >= 0.3 is 5.97 Å². The maximum Gasteiger partial charge on any atom is 0.311 e. The van der Waals surface area contributed by atoms with Gasteiger partial charge in [0.05, 0.1) is 11.5 Å². The van der Waals surface area contributed by atoms with Gasteiger partial charge in [-0.1, -0.05) is 6.92 Å². The van der Waals surface area contributed by atoms with E-state index in [0.29, 0.717) is 12.8 Å². The Morgan fingerprint density at radius 2 is 2.16 bits per heavy atom. The quantitative estimate of drug-likeness (QED) is 0.742. The number of aliphatic carboxylic acids is 1. The second-order valence-electron chi connectivity index (χ2n) is 5.52. The van der Waals surface area contributed by atoms with Crippen LogP contribution in [0.4, 0.5) is 0 Å². The molecule has 0 aromatic heterocycles. The summed E-state index contributed by atoms with van der Waals surface area (Å²) in [6.07, 6.45) is 5.11. The van der Waals surface area contributed by atoms with E-state index in [2.05, 4.69) is 5.32 Å². The molecule has 0 bridgehead atoms. The van der Waals surface area contributed by atoms with Crippen LogP contribution in [0.3, 0.4) is 0 Å². The molecule has 1 amide bonds. The number of carbonyl (C=O) groups excluding carboxylic acids is 1. The molecule has 1 heterocycles. The monoisotopic (exact) mass is 271 g/mol. The normalized spacial score (nSPS) is 22.5. The van der Waals surface area contributed by atoms with E-state index < -0.39 is 11.4 Å². The number of hydrogen-bond donors (Lipinski definition) is 2. The summed E-state index contributed by atoms with van der Waals surface area (Å²) in [5.41, 5.74) is -0.878. The highest BCUT2D eigenvalue weighted by Crippen LogP contribution is 2.20. The van der Waals surface area contributed by atoms with Crippen molar-refractivity contribution < 1.29 is 19.4 Å². The van der Waals surface area contributed by atoms with Gasteiger partial charge in [0.15, 0.2) is 0 Å². The Morgan fingerprint density at radius 1 is 1.42 bits per heavy atom. The Hall–Kier alpha value is -1.10. The first-order valence-electron chi connectivity index (χ1n) is 7.09. The molecule has 110 valence electrons. The summed E-state index contributed by atoms with van der Waals surface area (Å²) in [6, 6.07) is 0. The van der Waals surface area contributed by atoms with Gasteiger partial charge in [-0.05, 0) is 39.0 Å². The van der Waals surface area contributed by atoms with Crippen LogP contribution in [0.15, 0.2) is 0 Å². The minimum atomic E-state index is -0.878. The van der Waals surface area contributed by atoms with Crippen LogP contribution >= 0.6 is 0 Å². The second kappa shape index (κ2) is 7.48. The van der Waals surface area contributed by atoms with Crippen LogP contribution in [0.2, 0.25) is 0 Å². The van der Waals surface area contributed by atoms with Crippen molar-refractivity contribution in [2.24, 2.45) is 5.41 Å². The third-order valence-corrected chi connectivity index (χ3v) is 3.94. The Labute approximate surface area is 114 Å². The van der Waals surface area contributed by atoms with Gasteiger partial charge in [0.1, 0.15) is 0 Å². The van der Waals surface area contributed by atoms with Gasteiger partial charge in [-0.2, -0.15) is 0 Å². The van der Waals surface area contributed by atoms with E-state index in [1.54, 1.807) is 6.92 Å². The first-order chi connectivity index (χ1) is 8.98. The van der Waals surface area contributed by atoms with Gasteiger partial charge in [-0.25, -0.2) is 0 Å². The van der Waals surface area contributed by atoms with Gasteiger partial charge in [0.2, 0.25) is 5.91 Å². The molecule has 1 aliphatic rings. The summed E-state index contributed by atoms with van der Waals surface area (Å²) in [4.78, 5) is 22.8. The summed E-state index contributed by atoms with van der Waals surface area (Å²) in [5, 5.41) is 11.8. The fourth-order valence-electron chi connectivity index (χ4n) is 2.06. The maximum absolute atomic E-state index is 11.7. The number of carboxylic acids is 1. The summed E-state index contributed by atoms with van der Waals surface area (Å²) in [6.45, 7) is 4.44. The molecule has 0 saturated carbocycles. The number of carboxylic acid groups (broad SMARTS) is 1. The van der Waals surface area contributed by atoms with Crippen molar-refractivity contribution >= 4 is 11.9 Å². The zero-order valence-electron chi connectivity index (χ0n) is 11.9. The maximum atomic E-state index is 11.7. The molecule has 5 heteroatoms. The van der Waals surface area contributed by atoms with Gasteiger partial charge in [0.25, 0.3) is 0 Å². The molecule has 0 aromatic carbocycles. The third-order valence-electron chi connectivity index (χ3n) is 3.94. The summed E-state index contributed by atoms with van der Waals surface area (Å²) in [5.74, 6) is -0.957. The van der Waals surface area contributed by atoms with Crippen LogP contribution in [-0.4, -0.2) is 36.2 Å². The van der Waals surface area contributed by atoms with Crippen LogP contribution in [0.25, 0.3) is 0 Å². The zero-order valence-corrected chi connectivity index (χ0v) is 11.9. The Bertz CT molecular complexity index is 313. The van der Waals surface area contributed by atoms with Crippen molar-refractivity contribution in [1.29, 1.82) is 0 Å². The lowest BCUT2D eigenvalue weighted by Crippen LogP contribution is -2.40. The first kappa shape index (κ1) is 16.0. The van der Waals surface area contributed by atoms with Crippen molar-refractivity contribution in [2.45, 2.75) is 58.5 Å². The molecule has 0 radical (unpaired) electrons. The van der Waals surface area contributed by atoms with Crippen molar-refractivity contribution in [3.05, 3.63) is 0 Å². The highest BCUT2D eigenvalue weighted by Gasteiger charge is 2.31. The lowest BCUT2D eigenvalue weighted by Gasteiger charge is -2.24. The summed E-state index contributed by atoms with van der Waals surface area (Å²) < 4.78 is 5.56. The van der Waals surface area contributed by atoms with Crippen LogP contribution in [0.5, 0.6) is 0 Å². The largest absolute Gasteiger partial charge is 0.481 e. The molecule has 2 atom stereocenters. The fraction of sp³-hybridized carbons (Fsp3) is 0.857. The molecule has 0 aliphatic carbocycles. The molecule has 5 nitrogen and oxygen atoms in total. The van der Waals surface area contributed by atoms with Crippen molar-refractivity contribution in [1.82, 2.24) is 5.32 Å². The second-order valence-corrected chi connectivity index (χ2v) is 5.52. The number of carbonyl (C=O) groups is 2. The minimum Gasteiger partial charge on any atom is -0.481 e. The number of hydrogen-bond acceptors (Lipinski definition) is 3. The van der Waals surface area contributed by atoms with Gasteiger partial charge in [0, 0.05) is 19.6 Å². The minimum absolute atomic E-state index is 0.0879. The van der Waals surface area contributed by atoms with Crippen LogP contribution < -0.4 is 5.32 Å². The van der Waals surface area contributed by atoms with Crippen LogP contribution in [0.1, 0.15) is 52.4 Å². The summed E-state index contributed by atoms with van der Waals surface area (Å²) >= 11 is 0. The molecular weight excluding hydrogens is 246 g/mol. The van der Waals surface area contributed by atoms with Crippen molar-refractivity contribution in [2.75, 3.05) is 13.2 Å². The van der Waals surface area contributed by atoms with E-state index in [1.165, 1.54) is 6.42 Å². The average Bonchev–Trinajstić information content (AvgIpc) is 2.43. The van der Waals surface area contributed by atoms with E-state index in [4.69, 9.17) is 9.84 Å². The lowest BCUT2D eigenvalue weighted by atomic mass is 9.87. The zero-order chi connectivity index (χ0) is 14.3. The van der Waals surface area contributed by atoms with E-state index in [9.17, 15) is 9.59 Å². The van der Waals surface area contributed by atoms with Crippen molar-refractivity contribution in [3.63, 3.8) is 0 Å². The van der Waals surface area contributed by atoms with Gasteiger partial charge in [-0.3, -0.25) is 9.59 Å². The summed E-state index contributed by atoms with van der Waals surface area (Å²) in [7, 11) is 0. The van der Waals surface area contributed by atoms with E-state index in [-0.39, 0.29) is 18.6 Å². The Kier molecular flexibility index (Phi) is 6.28. The number of nitrogens with one attached hydrogen (secondary N) is 1.